The van der Waals surface area contributed by atoms with E-state index in [0.717, 1.165) is 74.2 Å². The van der Waals surface area contributed by atoms with Crippen molar-refractivity contribution in [1.29, 1.82) is 0 Å². The van der Waals surface area contributed by atoms with E-state index in [4.69, 9.17) is 19.1 Å². The molecule has 0 atom stereocenters. The molecule has 5 rings (SSSR count). The first kappa shape index (κ1) is 21.7. The fourth-order valence-corrected chi connectivity index (χ4v) is 4.38. The number of nitrogens with zero attached hydrogens (tertiary/aromatic N) is 4. The summed E-state index contributed by atoms with van der Waals surface area (Å²) in [6.07, 6.45) is 7.94. The Morgan fingerprint density at radius 1 is 0.727 bits per heavy atom. The van der Waals surface area contributed by atoms with Crippen LogP contribution in [0, 0.1) is 5.41 Å². The average Bonchev–Trinajstić information content (AvgIpc) is 3.63. The minimum absolute atomic E-state index is 0.0211. The van der Waals surface area contributed by atoms with E-state index in [1.807, 2.05) is 12.1 Å². The van der Waals surface area contributed by atoms with Gasteiger partial charge in [-0.25, -0.2) is 9.97 Å². The third-order valence-corrected chi connectivity index (χ3v) is 6.64. The Kier molecular flexibility index (Phi) is 6.15. The molecule has 8 heteroatoms. The van der Waals surface area contributed by atoms with Crippen LogP contribution in [0.4, 0.5) is 0 Å². The van der Waals surface area contributed by atoms with E-state index in [1.165, 1.54) is 11.1 Å². The first-order valence-electron chi connectivity index (χ1n) is 11.7. The molecule has 2 aromatic rings. The highest BCUT2D eigenvalue weighted by Crippen LogP contribution is 2.46. The van der Waals surface area contributed by atoms with Crippen LogP contribution < -0.4 is 9.47 Å². The largest absolute Gasteiger partial charge is 0.481 e. The van der Waals surface area contributed by atoms with Gasteiger partial charge in [0.1, 0.15) is 24.6 Å². The van der Waals surface area contributed by atoms with Crippen LogP contribution >= 0.6 is 0 Å². The van der Waals surface area contributed by atoms with Gasteiger partial charge < -0.3 is 19.1 Å². The number of oxime groups is 2. The Morgan fingerprint density at radius 3 is 1.64 bits per heavy atom. The van der Waals surface area contributed by atoms with E-state index in [9.17, 15) is 0 Å². The number of methoxy groups -OCH3 is 2. The molecule has 0 radical (unpaired) electrons. The number of pyridine rings is 2. The molecule has 1 fully saturated rings. The monoisotopic (exact) mass is 450 g/mol. The van der Waals surface area contributed by atoms with Crippen molar-refractivity contribution in [3.63, 3.8) is 0 Å². The molecule has 3 aliphatic rings. The zero-order chi connectivity index (χ0) is 22.7. The van der Waals surface area contributed by atoms with E-state index in [2.05, 4.69) is 32.4 Å². The summed E-state index contributed by atoms with van der Waals surface area (Å²) < 4.78 is 10.6. The molecule has 0 N–H and O–H groups in total. The van der Waals surface area contributed by atoms with Crippen LogP contribution in [0.15, 0.2) is 34.6 Å². The fourth-order valence-electron chi connectivity index (χ4n) is 4.38. The number of hydrogen-bond donors (Lipinski definition) is 0. The number of rotatable bonds is 8. The summed E-state index contributed by atoms with van der Waals surface area (Å²) in [4.78, 5) is 20.8. The highest BCUT2D eigenvalue weighted by atomic mass is 16.6. The van der Waals surface area contributed by atoms with Crippen molar-refractivity contribution in [2.75, 3.05) is 27.4 Å². The molecule has 1 saturated carbocycles. The molecule has 0 bridgehead atoms. The van der Waals surface area contributed by atoms with Gasteiger partial charge in [-0.2, -0.15) is 0 Å². The predicted molar refractivity (Wildman–Crippen MR) is 124 cm³/mol. The number of aromatic nitrogens is 2. The summed E-state index contributed by atoms with van der Waals surface area (Å²) in [5.74, 6) is 1.21. The van der Waals surface area contributed by atoms with Crippen molar-refractivity contribution in [3.8, 4) is 11.8 Å². The summed E-state index contributed by atoms with van der Waals surface area (Å²) >= 11 is 0. The van der Waals surface area contributed by atoms with Crippen molar-refractivity contribution >= 4 is 11.4 Å². The second-order valence-corrected chi connectivity index (χ2v) is 9.05. The van der Waals surface area contributed by atoms with Crippen LogP contribution in [0.2, 0.25) is 0 Å². The van der Waals surface area contributed by atoms with Crippen LogP contribution in [0.25, 0.3) is 0 Å². The molecule has 0 amide bonds. The first-order chi connectivity index (χ1) is 16.2. The average molecular weight is 451 g/mol. The Labute approximate surface area is 194 Å². The third-order valence-electron chi connectivity index (χ3n) is 6.64. The Morgan fingerprint density at radius 2 is 1.21 bits per heavy atom. The second-order valence-electron chi connectivity index (χ2n) is 9.05. The molecule has 0 spiro atoms. The molecule has 2 aromatic heterocycles. The van der Waals surface area contributed by atoms with Gasteiger partial charge in [0, 0.05) is 17.5 Å². The van der Waals surface area contributed by atoms with Crippen molar-refractivity contribution in [3.05, 3.63) is 46.8 Å². The molecule has 0 aliphatic heterocycles. The minimum Gasteiger partial charge on any atom is -0.481 e. The third kappa shape index (κ3) is 4.79. The summed E-state index contributed by atoms with van der Waals surface area (Å²) in [5.41, 5.74) is 5.95. The zero-order valence-electron chi connectivity index (χ0n) is 19.3. The van der Waals surface area contributed by atoms with Gasteiger partial charge in [0.2, 0.25) is 11.8 Å². The summed E-state index contributed by atoms with van der Waals surface area (Å²) in [5, 5.41) is 8.91. The van der Waals surface area contributed by atoms with Crippen molar-refractivity contribution < 1.29 is 19.1 Å². The second kappa shape index (κ2) is 9.37. The highest BCUT2D eigenvalue weighted by molar-refractivity contribution is 6.01. The van der Waals surface area contributed by atoms with Gasteiger partial charge in [0.25, 0.3) is 0 Å². The lowest BCUT2D eigenvalue weighted by Crippen LogP contribution is -2.19. The number of aryl methyl sites for hydroxylation is 2. The molecule has 33 heavy (non-hydrogen) atoms. The van der Waals surface area contributed by atoms with Gasteiger partial charge in [-0.3, -0.25) is 0 Å². The maximum atomic E-state index is 5.81. The lowest BCUT2D eigenvalue weighted by atomic mass is 9.94. The van der Waals surface area contributed by atoms with E-state index in [-0.39, 0.29) is 5.41 Å². The standard InChI is InChI=1S/C25H30N4O4/c1-30-21-11-9-17-5-3-7-19(23(17)26-21)28-32-15-25(13-14-25)16-33-29-20-8-4-6-18-10-12-22(31-2)27-24(18)20/h9-12H,3-8,13-16H2,1-2H3. The normalized spacial score (nSPS) is 20.7. The first-order valence-corrected chi connectivity index (χ1v) is 11.7. The molecule has 3 aliphatic carbocycles. The summed E-state index contributed by atoms with van der Waals surface area (Å²) in [7, 11) is 3.26. The molecule has 0 unspecified atom stereocenters. The number of fused-ring (bicyclic) bond motifs is 2. The van der Waals surface area contributed by atoms with E-state index < -0.39 is 0 Å². The lowest BCUT2D eigenvalue weighted by molar-refractivity contribution is 0.0316. The van der Waals surface area contributed by atoms with Gasteiger partial charge in [0.05, 0.1) is 25.6 Å². The van der Waals surface area contributed by atoms with E-state index in [1.54, 1.807) is 14.2 Å². The summed E-state index contributed by atoms with van der Waals surface area (Å²) in [6, 6.07) is 7.94. The molecular weight excluding hydrogens is 420 g/mol. The molecule has 8 nitrogen and oxygen atoms in total. The minimum atomic E-state index is -0.0211. The van der Waals surface area contributed by atoms with Gasteiger partial charge in [-0.1, -0.05) is 22.4 Å². The van der Waals surface area contributed by atoms with Gasteiger partial charge in [-0.15, -0.1) is 0 Å². The molecular formula is C25H30N4O4. The maximum absolute atomic E-state index is 5.81. The van der Waals surface area contributed by atoms with Crippen molar-refractivity contribution in [1.82, 2.24) is 9.97 Å². The molecule has 0 saturated heterocycles. The van der Waals surface area contributed by atoms with Crippen molar-refractivity contribution in [2.24, 2.45) is 15.7 Å². The van der Waals surface area contributed by atoms with Crippen molar-refractivity contribution in [2.45, 2.75) is 51.4 Å². The Balaban J connectivity index is 1.20. The molecule has 2 heterocycles. The summed E-state index contributed by atoms with van der Waals surface area (Å²) in [6.45, 7) is 1.03. The zero-order valence-corrected chi connectivity index (χ0v) is 19.3. The van der Waals surface area contributed by atoms with Crippen LogP contribution in [-0.4, -0.2) is 48.8 Å². The van der Waals surface area contributed by atoms with Gasteiger partial charge in [-0.05, 0) is 62.5 Å². The van der Waals surface area contributed by atoms with Gasteiger partial charge >= 0.3 is 0 Å². The molecule has 174 valence electrons. The van der Waals surface area contributed by atoms with Crippen LogP contribution in [0.1, 0.15) is 61.0 Å². The highest BCUT2D eigenvalue weighted by Gasteiger charge is 2.45. The Bertz CT molecular complexity index is 997. The fraction of sp³-hybridized carbons (Fsp3) is 0.520. The van der Waals surface area contributed by atoms with E-state index in [0.29, 0.717) is 25.0 Å². The smallest absolute Gasteiger partial charge is 0.213 e. The van der Waals surface area contributed by atoms with Crippen LogP contribution in [0.5, 0.6) is 11.8 Å². The topological polar surface area (TPSA) is 87.4 Å². The number of hydrogen-bond acceptors (Lipinski definition) is 8. The quantitative estimate of drug-likeness (QED) is 0.563. The lowest BCUT2D eigenvalue weighted by Gasteiger charge is -2.19. The number of ether oxygens (including phenoxy) is 2. The van der Waals surface area contributed by atoms with Gasteiger partial charge in [0.15, 0.2) is 0 Å². The Hall–Kier alpha value is -3.16. The SMILES string of the molecule is COc1ccc2c(n1)C(=NOCC1(CON=C3CCCc4ccc(OC)nc43)CC1)CCC2. The predicted octanol–water partition coefficient (Wildman–Crippen LogP) is 4.09. The van der Waals surface area contributed by atoms with Crippen LogP contribution in [0.3, 0.4) is 0 Å². The van der Waals surface area contributed by atoms with Crippen LogP contribution in [-0.2, 0) is 22.5 Å². The molecule has 0 aromatic carbocycles. The van der Waals surface area contributed by atoms with E-state index >= 15 is 0 Å². The maximum Gasteiger partial charge on any atom is 0.213 e.